The van der Waals surface area contributed by atoms with Gasteiger partial charge in [-0.3, -0.25) is 0 Å². The minimum absolute atomic E-state index is 0.516. The molecule has 0 bridgehead atoms. The molecule has 0 aliphatic heterocycles. The van der Waals surface area contributed by atoms with Crippen LogP contribution in [0.1, 0.15) is 18.6 Å². The first kappa shape index (κ1) is 8.90. The van der Waals surface area contributed by atoms with E-state index in [0.29, 0.717) is 0 Å². The summed E-state index contributed by atoms with van der Waals surface area (Å²) in [5.41, 5.74) is 1.64. The summed E-state index contributed by atoms with van der Waals surface area (Å²) in [6.45, 7) is 1.72. The van der Waals surface area contributed by atoms with Gasteiger partial charge in [0.1, 0.15) is 0 Å². The molecule has 1 heterocycles. The highest BCUT2D eigenvalue weighted by Crippen LogP contribution is 2.19. The fourth-order valence-corrected chi connectivity index (χ4v) is 1.36. The van der Waals surface area contributed by atoms with Crippen molar-refractivity contribution in [3.8, 4) is 5.69 Å². The number of para-hydroxylation sites is 1. The molecule has 1 aromatic heterocycles. The van der Waals surface area contributed by atoms with Crippen LogP contribution in [0, 0.1) is 0 Å². The van der Waals surface area contributed by atoms with Gasteiger partial charge in [0.25, 0.3) is 0 Å². The highest BCUT2D eigenvalue weighted by atomic mass is 16.3. The Kier molecular flexibility index (Phi) is 2.28. The van der Waals surface area contributed by atoms with Crippen molar-refractivity contribution in [2.45, 2.75) is 13.0 Å². The summed E-state index contributed by atoms with van der Waals surface area (Å²) in [7, 11) is 0. The summed E-state index contributed by atoms with van der Waals surface area (Å²) >= 11 is 0. The second-order valence-electron chi connectivity index (χ2n) is 3.05. The molecule has 4 heteroatoms. The van der Waals surface area contributed by atoms with Gasteiger partial charge < -0.3 is 5.11 Å². The van der Waals surface area contributed by atoms with Gasteiger partial charge in [0.05, 0.1) is 24.2 Å². The second-order valence-corrected chi connectivity index (χ2v) is 3.05. The fraction of sp³-hybridized carbons (Fsp3) is 0.200. The second kappa shape index (κ2) is 3.59. The molecule has 4 nitrogen and oxygen atoms in total. The van der Waals surface area contributed by atoms with E-state index in [4.69, 9.17) is 0 Å². The van der Waals surface area contributed by atoms with Gasteiger partial charge in [0.2, 0.25) is 0 Å². The largest absolute Gasteiger partial charge is 0.389 e. The van der Waals surface area contributed by atoms with Gasteiger partial charge in [-0.1, -0.05) is 18.2 Å². The van der Waals surface area contributed by atoms with Gasteiger partial charge in [-0.25, -0.2) is 0 Å². The van der Waals surface area contributed by atoms with Crippen LogP contribution in [0.25, 0.3) is 5.69 Å². The van der Waals surface area contributed by atoms with E-state index in [-0.39, 0.29) is 0 Å². The van der Waals surface area contributed by atoms with Crippen molar-refractivity contribution in [2.75, 3.05) is 0 Å². The maximum Gasteiger partial charge on any atom is 0.0914 e. The average molecular weight is 189 g/mol. The Labute approximate surface area is 81.8 Å². The summed E-state index contributed by atoms with van der Waals surface area (Å²) < 4.78 is 0. The molecule has 0 fully saturated rings. The standard InChI is InChI=1S/C10H11N3O/c1-8(14)9-4-2-3-5-10(9)13-11-6-7-12-13/h2-8,14H,1H3. The number of aliphatic hydroxyl groups excluding tert-OH is 1. The summed E-state index contributed by atoms with van der Waals surface area (Å²) in [6.07, 6.45) is 2.70. The van der Waals surface area contributed by atoms with Crippen LogP contribution in [0.4, 0.5) is 0 Å². The third-order valence-corrected chi connectivity index (χ3v) is 2.02. The number of aliphatic hydroxyl groups is 1. The van der Waals surface area contributed by atoms with Crippen molar-refractivity contribution in [3.63, 3.8) is 0 Å². The van der Waals surface area contributed by atoms with E-state index in [1.165, 1.54) is 4.80 Å². The first-order valence-corrected chi connectivity index (χ1v) is 4.42. The van der Waals surface area contributed by atoms with Gasteiger partial charge in [-0.2, -0.15) is 15.0 Å². The van der Waals surface area contributed by atoms with E-state index >= 15 is 0 Å². The maximum absolute atomic E-state index is 9.53. The maximum atomic E-state index is 9.53. The molecule has 0 saturated heterocycles. The number of aromatic nitrogens is 3. The summed E-state index contributed by atoms with van der Waals surface area (Å²) in [5.74, 6) is 0. The first-order valence-electron chi connectivity index (χ1n) is 4.42. The molecule has 0 spiro atoms. The molecule has 72 valence electrons. The van der Waals surface area contributed by atoms with Gasteiger partial charge >= 0.3 is 0 Å². The van der Waals surface area contributed by atoms with Crippen molar-refractivity contribution < 1.29 is 5.11 Å². The quantitative estimate of drug-likeness (QED) is 0.775. The smallest absolute Gasteiger partial charge is 0.0914 e. The summed E-state index contributed by atoms with van der Waals surface area (Å²) in [4.78, 5) is 1.50. The van der Waals surface area contributed by atoms with E-state index in [1.54, 1.807) is 19.3 Å². The van der Waals surface area contributed by atoms with Crippen molar-refractivity contribution >= 4 is 0 Å². The van der Waals surface area contributed by atoms with Gasteiger partial charge in [-0.05, 0) is 13.0 Å². The summed E-state index contributed by atoms with van der Waals surface area (Å²) in [6, 6.07) is 7.52. The van der Waals surface area contributed by atoms with Crippen LogP contribution in [-0.4, -0.2) is 20.1 Å². The minimum Gasteiger partial charge on any atom is -0.389 e. The molecule has 0 radical (unpaired) electrons. The zero-order valence-electron chi connectivity index (χ0n) is 7.83. The van der Waals surface area contributed by atoms with E-state index in [1.807, 2.05) is 24.3 Å². The number of rotatable bonds is 2. The van der Waals surface area contributed by atoms with Crippen LogP contribution in [0.5, 0.6) is 0 Å². The molecular formula is C10H11N3O. The Hall–Kier alpha value is -1.68. The van der Waals surface area contributed by atoms with E-state index < -0.39 is 6.10 Å². The fourth-order valence-electron chi connectivity index (χ4n) is 1.36. The van der Waals surface area contributed by atoms with Crippen LogP contribution in [-0.2, 0) is 0 Å². The zero-order valence-corrected chi connectivity index (χ0v) is 7.83. The third-order valence-electron chi connectivity index (χ3n) is 2.02. The van der Waals surface area contributed by atoms with Crippen molar-refractivity contribution in [2.24, 2.45) is 0 Å². The molecule has 0 amide bonds. The van der Waals surface area contributed by atoms with Crippen molar-refractivity contribution in [1.29, 1.82) is 0 Å². The van der Waals surface area contributed by atoms with Gasteiger partial charge in [-0.15, -0.1) is 0 Å². The highest BCUT2D eigenvalue weighted by Gasteiger charge is 2.08. The van der Waals surface area contributed by atoms with E-state index in [9.17, 15) is 5.11 Å². The number of nitrogens with zero attached hydrogens (tertiary/aromatic N) is 3. The molecule has 1 atom stereocenters. The predicted molar refractivity (Wildman–Crippen MR) is 52.0 cm³/mol. The zero-order chi connectivity index (χ0) is 9.97. The van der Waals surface area contributed by atoms with E-state index in [0.717, 1.165) is 11.3 Å². The average Bonchev–Trinajstić information content (AvgIpc) is 2.70. The van der Waals surface area contributed by atoms with Crippen molar-refractivity contribution in [3.05, 3.63) is 42.2 Å². The lowest BCUT2D eigenvalue weighted by Gasteiger charge is -2.09. The Bertz CT molecular complexity index is 409. The molecule has 0 aliphatic carbocycles. The summed E-state index contributed by atoms with van der Waals surface area (Å²) in [5, 5.41) is 17.6. The number of hydrogen-bond donors (Lipinski definition) is 1. The van der Waals surface area contributed by atoms with Crippen molar-refractivity contribution in [1.82, 2.24) is 15.0 Å². The topological polar surface area (TPSA) is 50.9 Å². The molecule has 0 aliphatic rings. The molecule has 1 N–H and O–H groups in total. The van der Waals surface area contributed by atoms with E-state index in [2.05, 4.69) is 10.2 Å². The molecule has 1 aromatic carbocycles. The van der Waals surface area contributed by atoms with Crippen LogP contribution < -0.4 is 0 Å². The Balaban J connectivity index is 2.53. The monoisotopic (exact) mass is 189 g/mol. The Morgan fingerprint density at radius 1 is 1.21 bits per heavy atom. The van der Waals surface area contributed by atoms with Crippen LogP contribution >= 0.6 is 0 Å². The van der Waals surface area contributed by atoms with Gasteiger partial charge in [0.15, 0.2) is 0 Å². The van der Waals surface area contributed by atoms with Crippen LogP contribution in [0.15, 0.2) is 36.7 Å². The molecule has 14 heavy (non-hydrogen) atoms. The lowest BCUT2D eigenvalue weighted by atomic mass is 10.1. The van der Waals surface area contributed by atoms with Crippen LogP contribution in [0.2, 0.25) is 0 Å². The SMILES string of the molecule is CC(O)c1ccccc1-n1nccn1. The molecule has 1 unspecified atom stereocenters. The van der Waals surface area contributed by atoms with Gasteiger partial charge in [0, 0.05) is 5.56 Å². The molecule has 0 saturated carbocycles. The molecule has 2 aromatic rings. The third kappa shape index (κ3) is 1.52. The minimum atomic E-state index is -0.516. The Morgan fingerprint density at radius 2 is 1.86 bits per heavy atom. The first-order chi connectivity index (χ1) is 6.79. The highest BCUT2D eigenvalue weighted by molar-refractivity contribution is 5.40. The molecule has 2 rings (SSSR count). The molecular weight excluding hydrogens is 178 g/mol. The number of hydrogen-bond acceptors (Lipinski definition) is 3. The normalized spacial score (nSPS) is 12.7. The lowest BCUT2D eigenvalue weighted by molar-refractivity contribution is 0.198. The predicted octanol–water partition coefficient (Wildman–Crippen LogP) is 1.32. The lowest BCUT2D eigenvalue weighted by Crippen LogP contribution is -2.04. The Morgan fingerprint density at radius 3 is 2.50 bits per heavy atom. The van der Waals surface area contributed by atoms with Crippen LogP contribution in [0.3, 0.4) is 0 Å². The number of benzene rings is 1.